The van der Waals surface area contributed by atoms with E-state index >= 15 is 0 Å². The van der Waals surface area contributed by atoms with Crippen LogP contribution in [0.5, 0.6) is 0 Å². The van der Waals surface area contributed by atoms with Gasteiger partial charge in [-0.15, -0.1) is 17.9 Å². The molecular formula is C17H17N3O2S. The summed E-state index contributed by atoms with van der Waals surface area (Å²) in [5.41, 5.74) is 1.57. The molecule has 2 aromatic rings. The van der Waals surface area contributed by atoms with Crippen molar-refractivity contribution in [1.29, 1.82) is 0 Å². The van der Waals surface area contributed by atoms with E-state index in [4.69, 9.17) is 0 Å². The average molecular weight is 327 g/mol. The van der Waals surface area contributed by atoms with Gasteiger partial charge in [-0.2, -0.15) is 0 Å². The van der Waals surface area contributed by atoms with E-state index in [1.165, 1.54) is 17.4 Å². The summed E-state index contributed by atoms with van der Waals surface area (Å²) < 4.78 is 0. The summed E-state index contributed by atoms with van der Waals surface area (Å²) >= 11 is 1.29. The van der Waals surface area contributed by atoms with Gasteiger partial charge in [0.15, 0.2) is 5.13 Å². The van der Waals surface area contributed by atoms with Crippen LogP contribution in [0, 0.1) is 0 Å². The summed E-state index contributed by atoms with van der Waals surface area (Å²) in [5.74, 6) is -0.386. The molecule has 0 unspecified atom stereocenters. The Balaban J connectivity index is 1.86. The minimum atomic E-state index is -0.258. The summed E-state index contributed by atoms with van der Waals surface area (Å²) in [6.45, 7) is 3.96. The van der Waals surface area contributed by atoms with E-state index < -0.39 is 0 Å². The van der Waals surface area contributed by atoms with Crippen LogP contribution in [0.2, 0.25) is 0 Å². The molecule has 0 spiro atoms. The maximum absolute atomic E-state index is 11.8. The molecule has 2 N–H and O–H groups in total. The highest BCUT2D eigenvalue weighted by Crippen LogP contribution is 2.16. The number of hydrogen-bond donors (Lipinski definition) is 2. The Bertz CT molecular complexity index is 708. The number of rotatable bonds is 7. The maximum atomic E-state index is 11.8. The van der Waals surface area contributed by atoms with Crippen LogP contribution in [-0.4, -0.2) is 23.3 Å². The molecule has 0 aliphatic carbocycles. The third-order valence-electron chi connectivity index (χ3n) is 2.79. The molecule has 0 fully saturated rings. The molecule has 6 heteroatoms. The van der Waals surface area contributed by atoms with Gasteiger partial charge in [-0.05, 0) is 11.6 Å². The lowest BCUT2D eigenvalue weighted by atomic mass is 10.2. The van der Waals surface area contributed by atoms with Gasteiger partial charge in [-0.3, -0.25) is 14.9 Å². The van der Waals surface area contributed by atoms with Crippen LogP contribution < -0.4 is 10.6 Å². The van der Waals surface area contributed by atoms with E-state index in [1.54, 1.807) is 17.5 Å². The van der Waals surface area contributed by atoms with Crippen LogP contribution >= 0.6 is 11.3 Å². The molecule has 0 bridgehead atoms. The average Bonchev–Trinajstić information content (AvgIpc) is 2.98. The monoisotopic (exact) mass is 327 g/mol. The van der Waals surface area contributed by atoms with Crippen molar-refractivity contribution in [1.82, 2.24) is 10.3 Å². The van der Waals surface area contributed by atoms with Gasteiger partial charge in [0.05, 0.1) is 12.1 Å². The minimum absolute atomic E-state index is 0.128. The summed E-state index contributed by atoms with van der Waals surface area (Å²) in [4.78, 5) is 27.6. The summed E-state index contributed by atoms with van der Waals surface area (Å²) in [6, 6.07) is 9.55. The second-order valence-electron chi connectivity index (χ2n) is 4.65. The van der Waals surface area contributed by atoms with Crippen molar-refractivity contribution < 1.29 is 9.59 Å². The number of amides is 2. The molecular weight excluding hydrogens is 310 g/mol. The SMILES string of the molecule is C=CCNC(=O)Cc1csc(NC(=O)/C=C/c2ccccc2)n1. The number of nitrogens with zero attached hydrogens (tertiary/aromatic N) is 1. The molecule has 23 heavy (non-hydrogen) atoms. The summed E-state index contributed by atoms with van der Waals surface area (Å²) in [6.07, 6.45) is 4.98. The van der Waals surface area contributed by atoms with E-state index in [2.05, 4.69) is 22.2 Å². The molecule has 0 atom stereocenters. The van der Waals surface area contributed by atoms with Crippen molar-refractivity contribution in [2.24, 2.45) is 0 Å². The first-order chi connectivity index (χ1) is 11.2. The predicted octanol–water partition coefficient (Wildman–Crippen LogP) is 2.64. The Kier molecular flexibility index (Phi) is 6.26. The first kappa shape index (κ1) is 16.6. The zero-order chi connectivity index (χ0) is 16.5. The number of carbonyl (C=O) groups is 2. The number of thiazole rings is 1. The molecule has 0 aliphatic heterocycles. The molecule has 0 aliphatic rings. The molecule has 5 nitrogen and oxygen atoms in total. The van der Waals surface area contributed by atoms with Gasteiger partial charge in [0.25, 0.3) is 0 Å². The largest absolute Gasteiger partial charge is 0.352 e. The number of nitrogens with one attached hydrogen (secondary N) is 2. The molecule has 118 valence electrons. The highest BCUT2D eigenvalue weighted by Gasteiger charge is 2.08. The van der Waals surface area contributed by atoms with Gasteiger partial charge in [0.2, 0.25) is 11.8 Å². The first-order valence-electron chi connectivity index (χ1n) is 7.03. The van der Waals surface area contributed by atoms with E-state index in [0.717, 1.165) is 5.56 Å². The number of anilines is 1. The minimum Gasteiger partial charge on any atom is -0.352 e. The fourth-order valence-corrected chi connectivity index (χ4v) is 2.45. The van der Waals surface area contributed by atoms with Crippen LogP contribution in [0.25, 0.3) is 6.08 Å². The highest BCUT2D eigenvalue weighted by atomic mass is 32.1. The first-order valence-corrected chi connectivity index (χ1v) is 7.91. The van der Waals surface area contributed by atoms with Crippen LogP contribution in [0.3, 0.4) is 0 Å². The summed E-state index contributed by atoms with van der Waals surface area (Å²) in [7, 11) is 0. The molecule has 2 amide bonds. The van der Waals surface area contributed by atoms with E-state index in [0.29, 0.717) is 17.4 Å². The molecule has 1 heterocycles. The zero-order valence-corrected chi connectivity index (χ0v) is 13.3. The van der Waals surface area contributed by atoms with E-state index in [9.17, 15) is 9.59 Å². The molecule has 1 aromatic heterocycles. The highest BCUT2D eigenvalue weighted by molar-refractivity contribution is 7.14. The quantitative estimate of drug-likeness (QED) is 0.607. The van der Waals surface area contributed by atoms with Crippen molar-refractivity contribution in [2.75, 3.05) is 11.9 Å². The Morgan fingerprint density at radius 1 is 1.26 bits per heavy atom. The van der Waals surface area contributed by atoms with Crippen LogP contribution in [0.15, 0.2) is 54.4 Å². The van der Waals surface area contributed by atoms with Gasteiger partial charge in [0, 0.05) is 18.0 Å². The molecule has 0 saturated heterocycles. The molecule has 0 radical (unpaired) electrons. The van der Waals surface area contributed by atoms with Gasteiger partial charge in [0.1, 0.15) is 0 Å². The van der Waals surface area contributed by atoms with Crippen molar-refractivity contribution in [3.05, 3.63) is 65.7 Å². The number of benzene rings is 1. The van der Waals surface area contributed by atoms with Crippen molar-refractivity contribution in [3.8, 4) is 0 Å². The molecule has 0 saturated carbocycles. The molecule has 1 aromatic carbocycles. The zero-order valence-electron chi connectivity index (χ0n) is 12.5. The van der Waals surface area contributed by atoms with Crippen molar-refractivity contribution >= 4 is 34.4 Å². The van der Waals surface area contributed by atoms with Crippen molar-refractivity contribution in [3.63, 3.8) is 0 Å². The van der Waals surface area contributed by atoms with Gasteiger partial charge >= 0.3 is 0 Å². The number of carbonyl (C=O) groups excluding carboxylic acids is 2. The van der Waals surface area contributed by atoms with Crippen LogP contribution in [-0.2, 0) is 16.0 Å². The lowest BCUT2D eigenvalue weighted by Crippen LogP contribution is -2.25. The summed E-state index contributed by atoms with van der Waals surface area (Å²) in [5, 5.41) is 7.59. The number of hydrogen-bond acceptors (Lipinski definition) is 4. The standard InChI is InChI=1S/C17H17N3O2S/c1-2-10-18-16(22)11-14-12-23-17(19-14)20-15(21)9-8-13-6-4-3-5-7-13/h2-9,12H,1,10-11H2,(H,18,22)(H,19,20,21)/b9-8+. The predicted molar refractivity (Wildman–Crippen MR) is 93.1 cm³/mol. The Labute approximate surface area is 138 Å². The van der Waals surface area contributed by atoms with Crippen molar-refractivity contribution in [2.45, 2.75) is 6.42 Å². The topological polar surface area (TPSA) is 71.1 Å². The van der Waals surface area contributed by atoms with Gasteiger partial charge in [-0.25, -0.2) is 4.98 Å². The van der Waals surface area contributed by atoms with Crippen LogP contribution in [0.4, 0.5) is 5.13 Å². The Hall–Kier alpha value is -2.73. The lowest BCUT2D eigenvalue weighted by molar-refractivity contribution is -0.120. The third-order valence-corrected chi connectivity index (χ3v) is 3.60. The lowest BCUT2D eigenvalue weighted by Gasteiger charge is -1.99. The number of aromatic nitrogens is 1. The fourth-order valence-electron chi connectivity index (χ4n) is 1.74. The smallest absolute Gasteiger partial charge is 0.250 e. The Morgan fingerprint density at radius 2 is 2.04 bits per heavy atom. The second-order valence-corrected chi connectivity index (χ2v) is 5.50. The third kappa shape index (κ3) is 5.88. The second kappa shape index (κ2) is 8.65. The van der Waals surface area contributed by atoms with Crippen LogP contribution in [0.1, 0.15) is 11.3 Å². The van der Waals surface area contributed by atoms with Gasteiger partial charge < -0.3 is 5.32 Å². The maximum Gasteiger partial charge on any atom is 0.250 e. The fraction of sp³-hybridized carbons (Fsp3) is 0.118. The van der Waals surface area contributed by atoms with E-state index in [1.807, 2.05) is 30.3 Å². The van der Waals surface area contributed by atoms with Gasteiger partial charge in [-0.1, -0.05) is 36.4 Å². The normalized spacial score (nSPS) is 10.4. The van der Waals surface area contributed by atoms with E-state index in [-0.39, 0.29) is 18.2 Å². The Morgan fingerprint density at radius 3 is 2.78 bits per heavy atom. The molecule has 2 rings (SSSR count).